The molecule has 130 valence electrons. The minimum Gasteiger partial charge on any atom is -0.378 e. The van der Waals surface area contributed by atoms with Crippen LogP contribution in [0.3, 0.4) is 0 Å². The van der Waals surface area contributed by atoms with Gasteiger partial charge in [-0.05, 0) is 35.0 Å². The van der Waals surface area contributed by atoms with Gasteiger partial charge in [-0.3, -0.25) is 0 Å². The lowest BCUT2D eigenvalue weighted by molar-refractivity contribution is 0.491. The SMILES string of the molecule is Cc1ccc(S(=O)(=O)Oc2c3ccccc3c(Br)c3ccccc23)cc1. The van der Waals surface area contributed by atoms with Crippen LogP contribution in [0.5, 0.6) is 5.75 Å². The third kappa shape index (κ3) is 2.87. The summed E-state index contributed by atoms with van der Waals surface area (Å²) in [5.74, 6) is 0.347. The van der Waals surface area contributed by atoms with Crippen molar-refractivity contribution in [3.05, 3.63) is 82.8 Å². The highest BCUT2D eigenvalue weighted by Gasteiger charge is 2.21. The molecule has 0 saturated heterocycles. The average molecular weight is 427 g/mol. The van der Waals surface area contributed by atoms with Gasteiger partial charge in [-0.1, -0.05) is 66.2 Å². The molecule has 0 heterocycles. The molecule has 0 aromatic heterocycles. The molecule has 4 aromatic carbocycles. The predicted octanol–water partition coefficient (Wildman–Crippen LogP) is 5.83. The van der Waals surface area contributed by atoms with Crippen molar-refractivity contribution in [3.63, 3.8) is 0 Å². The molecule has 5 heteroatoms. The summed E-state index contributed by atoms with van der Waals surface area (Å²) in [6.45, 7) is 1.91. The molecule has 0 fully saturated rings. The Labute approximate surface area is 160 Å². The van der Waals surface area contributed by atoms with Crippen molar-refractivity contribution < 1.29 is 12.6 Å². The lowest BCUT2D eigenvalue weighted by Gasteiger charge is -2.14. The molecule has 0 saturated carbocycles. The highest BCUT2D eigenvalue weighted by atomic mass is 79.9. The van der Waals surface area contributed by atoms with Crippen LogP contribution in [0.4, 0.5) is 0 Å². The highest BCUT2D eigenvalue weighted by Crippen LogP contribution is 2.41. The molecular weight excluding hydrogens is 412 g/mol. The molecule has 0 N–H and O–H groups in total. The molecule has 0 amide bonds. The molecular formula is C21H15BrO3S. The van der Waals surface area contributed by atoms with Gasteiger partial charge >= 0.3 is 10.1 Å². The van der Waals surface area contributed by atoms with Gasteiger partial charge in [-0.2, -0.15) is 8.42 Å². The fraction of sp³-hybridized carbons (Fsp3) is 0.0476. The third-order valence-corrected chi connectivity index (χ3v) is 6.41. The maximum Gasteiger partial charge on any atom is 0.339 e. The molecule has 0 unspecified atom stereocenters. The van der Waals surface area contributed by atoms with Gasteiger partial charge in [0, 0.05) is 26.0 Å². The van der Waals surface area contributed by atoms with Crippen molar-refractivity contribution >= 4 is 47.6 Å². The number of fused-ring (bicyclic) bond motifs is 2. The van der Waals surface area contributed by atoms with Crippen molar-refractivity contribution in [1.29, 1.82) is 0 Å². The zero-order valence-corrected chi connectivity index (χ0v) is 16.3. The first-order valence-electron chi connectivity index (χ1n) is 8.07. The molecule has 0 aliphatic rings. The zero-order valence-electron chi connectivity index (χ0n) is 13.9. The maximum absolute atomic E-state index is 12.9. The number of hydrogen-bond donors (Lipinski definition) is 0. The van der Waals surface area contributed by atoms with Crippen LogP contribution in [-0.2, 0) is 10.1 Å². The van der Waals surface area contributed by atoms with E-state index in [1.54, 1.807) is 24.3 Å². The smallest absolute Gasteiger partial charge is 0.339 e. The molecule has 3 nitrogen and oxygen atoms in total. The Morgan fingerprint density at radius 2 is 1.19 bits per heavy atom. The first-order valence-corrected chi connectivity index (χ1v) is 10.3. The van der Waals surface area contributed by atoms with Crippen LogP contribution in [-0.4, -0.2) is 8.42 Å². The standard InChI is InChI=1S/C21H15BrO3S/c1-14-10-12-15(13-11-14)26(23,24)25-21-18-8-4-2-6-16(18)20(22)17-7-3-5-9-19(17)21/h2-13H,1H3. The van der Waals surface area contributed by atoms with Crippen molar-refractivity contribution in [2.24, 2.45) is 0 Å². The highest BCUT2D eigenvalue weighted by molar-refractivity contribution is 9.10. The number of benzene rings is 4. The quantitative estimate of drug-likeness (QED) is 0.305. The van der Waals surface area contributed by atoms with E-state index in [9.17, 15) is 8.42 Å². The fourth-order valence-corrected chi connectivity index (χ4v) is 4.64. The minimum atomic E-state index is -3.94. The van der Waals surface area contributed by atoms with E-state index >= 15 is 0 Å². The van der Waals surface area contributed by atoms with Gasteiger partial charge in [-0.15, -0.1) is 0 Å². The largest absolute Gasteiger partial charge is 0.378 e. The Balaban J connectivity index is 1.98. The number of aryl methyl sites for hydroxylation is 1. The molecule has 0 aliphatic heterocycles. The summed E-state index contributed by atoms with van der Waals surface area (Å²) in [6.07, 6.45) is 0. The third-order valence-electron chi connectivity index (χ3n) is 4.32. The number of hydrogen-bond acceptors (Lipinski definition) is 3. The van der Waals surface area contributed by atoms with E-state index in [4.69, 9.17) is 4.18 Å². The van der Waals surface area contributed by atoms with Crippen LogP contribution in [0.25, 0.3) is 21.5 Å². The van der Waals surface area contributed by atoms with Crippen molar-refractivity contribution in [2.45, 2.75) is 11.8 Å². The van der Waals surface area contributed by atoms with Crippen LogP contribution < -0.4 is 4.18 Å². The first-order chi connectivity index (χ1) is 12.5. The van der Waals surface area contributed by atoms with Gasteiger partial charge in [-0.25, -0.2) is 0 Å². The molecule has 0 radical (unpaired) electrons. The molecule has 0 spiro atoms. The Morgan fingerprint density at radius 1 is 0.731 bits per heavy atom. The normalized spacial score (nSPS) is 11.8. The second-order valence-electron chi connectivity index (χ2n) is 6.08. The Bertz CT molecular complexity index is 1170. The zero-order chi connectivity index (χ0) is 18.3. The van der Waals surface area contributed by atoms with Gasteiger partial charge in [0.05, 0.1) is 0 Å². The topological polar surface area (TPSA) is 43.4 Å². The summed E-state index contributed by atoms with van der Waals surface area (Å²) in [6, 6.07) is 21.8. The van der Waals surface area contributed by atoms with Gasteiger partial charge in [0.15, 0.2) is 5.75 Å². The number of halogens is 1. The van der Waals surface area contributed by atoms with Crippen molar-refractivity contribution in [1.82, 2.24) is 0 Å². The summed E-state index contributed by atoms with van der Waals surface area (Å²) in [4.78, 5) is 0.138. The van der Waals surface area contributed by atoms with E-state index in [0.29, 0.717) is 5.75 Å². The summed E-state index contributed by atoms with van der Waals surface area (Å²) in [5.41, 5.74) is 0.989. The summed E-state index contributed by atoms with van der Waals surface area (Å²) in [5, 5.41) is 3.29. The van der Waals surface area contributed by atoms with Crippen LogP contribution >= 0.6 is 15.9 Å². The average Bonchev–Trinajstić information content (AvgIpc) is 2.65. The lowest BCUT2D eigenvalue weighted by atomic mass is 10.0. The van der Waals surface area contributed by atoms with E-state index in [2.05, 4.69) is 15.9 Å². The number of rotatable bonds is 3. The van der Waals surface area contributed by atoms with Crippen LogP contribution in [0.1, 0.15) is 5.56 Å². The second-order valence-corrected chi connectivity index (χ2v) is 8.42. The van der Waals surface area contributed by atoms with E-state index in [0.717, 1.165) is 31.6 Å². The Hall–Kier alpha value is -2.37. The van der Waals surface area contributed by atoms with Crippen molar-refractivity contribution in [3.8, 4) is 5.75 Å². The van der Waals surface area contributed by atoms with E-state index in [-0.39, 0.29) is 4.90 Å². The van der Waals surface area contributed by atoms with E-state index in [1.807, 2.05) is 55.5 Å². The van der Waals surface area contributed by atoms with Gasteiger partial charge < -0.3 is 4.18 Å². The predicted molar refractivity (Wildman–Crippen MR) is 108 cm³/mol. The van der Waals surface area contributed by atoms with Crippen molar-refractivity contribution in [2.75, 3.05) is 0 Å². The van der Waals surface area contributed by atoms with Crippen LogP contribution in [0, 0.1) is 6.92 Å². The molecule has 4 aromatic rings. The second kappa shape index (κ2) is 6.41. The first kappa shape index (κ1) is 17.1. The molecule has 0 aliphatic carbocycles. The molecule has 26 heavy (non-hydrogen) atoms. The summed E-state index contributed by atoms with van der Waals surface area (Å²) < 4.78 is 32.3. The Kier molecular flexibility index (Phi) is 4.21. The van der Waals surface area contributed by atoms with Crippen LogP contribution in [0.15, 0.2) is 82.2 Å². The summed E-state index contributed by atoms with van der Waals surface area (Å²) >= 11 is 3.64. The van der Waals surface area contributed by atoms with E-state index in [1.165, 1.54) is 0 Å². The van der Waals surface area contributed by atoms with Crippen LogP contribution in [0.2, 0.25) is 0 Å². The fourth-order valence-electron chi connectivity index (χ4n) is 2.99. The Morgan fingerprint density at radius 3 is 1.69 bits per heavy atom. The lowest BCUT2D eigenvalue weighted by Crippen LogP contribution is -2.10. The van der Waals surface area contributed by atoms with Gasteiger partial charge in [0.1, 0.15) is 4.90 Å². The molecule has 0 bridgehead atoms. The molecule has 4 rings (SSSR count). The maximum atomic E-state index is 12.9. The minimum absolute atomic E-state index is 0.138. The monoisotopic (exact) mass is 426 g/mol. The summed E-state index contributed by atoms with van der Waals surface area (Å²) in [7, 11) is -3.94. The van der Waals surface area contributed by atoms with Gasteiger partial charge in [0.25, 0.3) is 0 Å². The van der Waals surface area contributed by atoms with E-state index < -0.39 is 10.1 Å². The molecule has 0 atom stereocenters. The van der Waals surface area contributed by atoms with Gasteiger partial charge in [0.2, 0.25) is 0 Å².